The number of hydrogen-bond acceptors (Lipinski definition) is 1. The molecule has 9 heteroatoms. The Kier molecular flexibility index (Phi) is 3.73. The maximum atomic E-state index is 12.4. The quantitative estimate of drug-likeness (QED) is 0.669. The van der Waals surface area contributed by atoms with E-state index < -0.39 is 33.9 Å². The lowest BCUT2D eigenvalue weighted by Gasteiger charge is -2.16. The summed E-state index contributed by atoms with van der Waals surface area (Å²) in [5, 5.41) is -1.32. The van der Waals surface area contributed by atoms with Gasteiger partial charge in [0.1, 0.15) is 5.56 Å². The fourth-order valence-corrected chi connectivity index (χ4v) is 1.52. The number of ether oxygens (including phenoxy) is 1. The third kappa shape index (κ3) is 3.85. The van der Waals surface area contributed by atoms with Gasteiger partial charge in [-0.1, -0.05) is 23.2 Å². The van der Waals surface area contributed by atoms with Crippen LogP contribution in [0.25, 0.3) is 0 Å². The highest BCUT2D eigenvalue weighted by Gasteiger charge is 2.40. The highest BCUT2D eigenvalue weighted by atomic mass is 35.5. The molecule has 1 nitrogen and oxygen atoms in total. The van der Waals surface area contributed by atoms with Gasteiger partial charge in [0.15, 0.2) is 5.75 Å². The fourth-order valence-electron chi connectivity index (χ4n) is 0.990. The van der Waals surface area contributed by atoms with E-state index in [1.54, 1.807) is 0 Å². The van der Waals surface area contributed by atoms with E-state index in [2.05, 4.69) is 4.74 Å². The second-order valence-electron chi connectivity index (χ2n) is 2.81. The molecule has 0 bridgehead atoms. The Morgan fingerprint density at radius 3 is 1.88 bits per heavy atom. The SMILES string of the molecule is FC(F)(F)Oc1c(Cl)cc(Cl)cc1C(F)(F)F. The maximum absolute atomic E-state index is 12.4. The molecule has 0 spiro atoms. The van der Waals surface area contributed by atoms with Crippen LogP contribution in [0, 0.1) is 0 Å². The molecule has 1 aromatic rings. The van der Waals surface area contributed by atoms with Gasteiger partial charge in [0, 0.05) is 5.02 Å². The molecule has 0 unspecified atom stereocenters. The molecular formula is C8H2Cl2F6O. The van der Waals surface area contributed by atoms with Gasteiger partial charge in [-0.05, 0) is 12.1 Å². The molecule has 0 atom stereocenters. The van der Waals surface area contributed by atoms with Gasteiger partial charge in [0.05, 0.1) is 5.02 Å². The minimum atomic E-state index is -5.28. The van der Waals surface area contributed by atoms with E-state index in [0.717, 1.165) is 6.07 Å². The molecular weight excluding hydrogens is 297 g/mol. The monoisotopic (exact) mass is 298 g/mol. The molecule has 0 fully saturated rings. The fraction of sp³-hybridized carbons (Fsp3) is 0.250. The first kappa shape index (κ1) is 14.2. The Labute approximate surface area is 101 Å². The average Bonchev–Trinajstić information content (AvgIpc) is 2.05. The molecule has 96 valence electrons. The van der Waals surface area contributed by atoms with E-state index in [0.29, 0.717) is 6.07 Å². The Hall–Kier alpha value is -0.820. The van der Waals surface area contributed by atoms with Crippen molar-refractivity contribution in [2.45, 2.75) is 12.5 Å². The molecule has 0 aliphatic carbocycles. The lowest BCUT2D eigenvalue weighted by molar-refractivity contribution is -0.276. The van der Waals surface area contributed by atoms with Crippen LogP contribution in [-0.4, -0.2) is 6.36 Å². The number of rotatable bonds is 1. The van der Waals surface area contributed by atoms with E-state index in [4.69, 9.17) is 23.2 Å². The van der Waals surface area contributed by atoms with Crippen LogP contribution in [0.15, 0.2) is 12.1 Å². The van der Waals surface area contributed by atoms with Crippen molar-refractivity contribution in [3.63, 3.8) is 0 Å². The number of halogens is 8. The molecule has 0 aromatic heterocycles. The largest absolute Gasteiger partial charge is 0.573 e. The van der Waals surface area contributed by atoms with Crippen LogP contribution < -0.4 is 4.74 Å². The number of hydrogen-bond donors (Lipinski definition) is 0. The van der Waals surface area contributed by atoms with Crippen LogP contribution in [0.1, 0.15) is 5.56 Å². The topological polar surface area (TPSA) is 9.23 Å². The highest BCUT2D eigenvalue weighted by Crippen LogP contribution is 2.43. The molecule has 0 saturated heterocycles. The molecule has 0 saturated carbocycles. The Bertz CT molecular complexity index is 425. The minimum Gasteiger partial charge on any atom is -0.404 e. The summed E-state index contributed by atoms with van der Waals surface area (Å²) < 4.78 is 76.2. The van der Waals surface area contributed by atoms with Crippen LogP contribution in [0.2, 0.25) is 10.0 Å². The first-order valence-electron chi connectivity index (χ1n) is 3.82. The lowest BCUT2D eigenvalue weighted by atomic mass is 10.2. The summed E-state index contributed by atoms with van der Waals surface area (Å²) in [6.07, 6.45) is -10.3. The summed E-state index contributed by atoms with van der Waals surface area (Å²) in [5.41, 5.74) is -1.69. The van der Waals surface area contributed by atoms with Gasteiger partial charge in [-0.3, -0.25) is 0 Å². The molecule has 0 amide bonds. The molecule has 0 radical (unpaired) electrons. The van der Waals surface area contributed by atoms with Crippen LogP contribution in [-0.2, 0) is 6.18 Å². The van der Waals surface area contributed by atoms with Gasteiger partial charge in [-0.2, -0.15) is 13.2 Å². The van der Waals surface area contributed by atoms with Crippen LogP contribution in [0.4, 0.5) is 26.3 Å². The molecule has 0 aliphatic heterocycles. The van der Waals surface area contributed by atoms with Gasteiger partial charge in [-0.15, -0.1) is 13.2 Å². The molecule has 17 heavy (non-hydrogen) atoms. The predicted octanol–water partition coefficient (Wildman–Crippen LogP) is 4.91. The summed E-state index contributed by atoms with van der Waals surface area (Å²) in [6.45, 7) is 0. The van der Waals surface area contributed by atoms with E-state index in [9.17, 15) is 26.3 Å². The third-order valence-corrected chi connectivity index (χ3v) is 2.03. The zero-order valence-corrected chi connectivity index (χ0v) is 9.10. The summed E-state index contributed by atoms with van der Waals surface area (Å²) in [4.78, 5) is 0. The van der Waals surface area contributed by atoms with E-state index in [1.165, 1.54) is 0 Å². The van der Waals surface area contributed by atoms with Gasteiger partial charge in [0.2, 0.25) is 0 Å². The maximum Gasteiger partial charge on any atom is 0.573 e. The second kappa shape index (κ2) is 4.45. The first-order chi connectivity index (χ1) is 7.50. The van der Waals surface area contributed by atoms with Crippen molar-refractivity contribution in [2.75, 3.05) is 0 Å². The van der Waals surface area contributed by atoms with E-state index in [1.807, 2.05) is 0 Å². The van der Waals surface area contributed by atoms with Crippen molar-refractivity contribution >= 4 is 23.2 Å². The van der Waals surface area contributed by atoms with Gasteiger partial charge in [-0.25, -0.2) is 0 Å². The van der Waals surface area contributed by atoms with Gasteiger partial charge >= 0.3 is 12.5 Å². The van der Waals surface area contributed by atoms with E-state index in [-0.39, 0.29) is 0 Å². The first-order valence-corrected chi connectivity index (χ1v) is 4.58. The highest BCUT2D eigenvalue weighted by molar-refractivity contribution is 6.35. The summed E-state index contributed by atoms with van der Waals surface area (Å²) >= 11 is 10.5. The Morgan fingerprint density at radius 1 is 0.941 bits per heavy atom. The standard InChI is InChI=1S/C8H2Cl2F6O/c9-3-1-4(7(11,12)13)6(5(10)2-3)17-8(14,15)16/h1-2H. The predicted molar refractivity (Wildman–Crippen MR) is 48.1 cm³/mol. The van der Waals surface area contributed by atoms with Crippen molar-refractivity contribution in [3.8, 4) is 5.75 Å². The van der Waals surface area contributed by atoms with Crippen LogP contribution >= 0.6 is 23.2 Å². The van der Waals surface area contributed by atoms with Crippen molar-refractivity contribution in [1.29, 1.82) is 0 Å². The smallest absolute Gasteiger partial charge is 0.404 e. The lowest BCUT2D eigenvalue weighted by Crippen LogP contribution is -2.20. The third-order valence-electron chi connectivity index (χ3n) is 1.53. The second-order valence-corrected chi connectivity index (χ2v) is 3.65. The zero-order chi connectivity index (χ0) is 13.4. The van der Waals surface area contributed by atoms with Crippen molar-refractivity contribution in [2.24, 2.45) is 0 Å². The number of benzene rings is 1. The van der Waals surface area contributed by atoms with Crippen LogP contribution in [0.3, 0.4) is 0 Å². The normalized spacial score (nSPS) is 12.7. The molecule has 0 heterocycles. The number of alkyl halides is 6. The Balaban J connectivity index is 3.36. The average molecular weight is 299 g/mol. The molecule has 0 aliphatic rings. The van der Waals surface area contributed by atoms with Crippen LogP contribution in [0.5, 0.6) is 5.75 Å². The Morgan fingerprint density at radius 2 is 1.47 bits per heavy atom. The van der Waals surface area contributed by atoms with Crippen molar-refractivity contribution in [1.82, 2.24) is 0 Å². The van der Waals surface area contributed by atoms with Gasteiger partial charge < -0.3 is 4.74 Å². The molecule has 1 rings (SSSR count). The molecule has 0 N–H and O–H groups in total. The van der Waals surface area contributed by atoms with Gasteiger partial charge in [0.25, 0.3) is 0 Å². The van der Waals surface area contributed by atoms with Crippen molar-refractivity contribution in [3.05, 3.63) is 27.7 Å². The summed E-state index contributed by atoms with van der Waals surface area (Å²) in [7, 11) is 0. The summed E-state index contributed by atoms with van der Waals surface area (Å²) in [6, 6.07) is 1.02. The molecule has 1 aromatic carbocycles. The van der Waals surface area contributed by atoms with E-state index >= 15 is 0 Å². The van der Waals surface area contributed by atoms with Crippen molar-refractivity contribution < 1.29 is 31.1 Å². The zero-order valence-electron chi connectivity index (χ0n) is 7.59. The summed E-state index contributed by atoms with van der Waals surface area (Å²) in [5.74, 6) is -1.52. The minimum absolute atomic E-state index is 0.300.